The molecule has 11 heteroatoms. The second kappa shape index (κ2) is 8.17. The average molecular weight is 438 g/mol. The summed E-state index contributed by atoms with van der Waals surface area (Å²) in [5.74, 6) is -0.591. The third kappa shape index (κ3) is 5.17. The van der Waals surface area contributed by atoms with Crippen molar-refractivity contribution < 1.29 is 31.5 Å². The Morgan fingerprint density at radius 2 is 2.07 bits per heavy atom. The fourth-order valence-electron chi connectivity index (χ4n) is 2.92. The smallest absolute Gasteiger partial charge is 0.435 e. The molecule has 1 fully saturated rings. The first-order valence-electron chi connectivity index (χ1n) is 8.75. The summed E-state index contributed by atoms with van der Waals surface area (Å²) in [6.45, 7) is -1.43. The molecule has 1 N–H and O–H groups in total. The predicted octanol–water partition coefficient (Wildman–Crippen LogP) is 5.37. The van der Waals surface area contributed by atoms with Crippen molar-refractivity contribution in [3.63, 3.8) is 0 Å². The van der Waals surface area contributed by atoms with Gasteiger partial charge in [0.2, 0.25) is 5.91 Å². The lowest BCUT2D eigenvalue weighted by atomic mass is 10.2. The summed E-state index contributed by atoms with van der Waals surface area (Å²) in [7, 11) is 0. The highest BCUT2D eigenvalue weighted by Gasteiger charge is 2.42. The van der Waals surface area contributed by atoms with Crippen LogP contribution >= 0.6 is 11.6 Å². The van der Waals surface area contributed by atoms with Gasteiger partial charge in [-0.25, -0.2) is 0 Å². The minimum Gasteiger partial charge on any atom is -0.435 e. The van der Waals surface area contributed by atoms with E-state index in [0.717, 1.165) is 17.5 Å². The number of ether oxygens (including phenoxy) is 1. The summed E-state index contributed by atoms with van der Waals surface area (Å²) >= 11 is 5.90. The second-order valence-corrected chi connectivity index (χ2v) is 7.07. The van der Waals surface area contributed by atoms with E-state index in [2.05, 4.69) is 15.2 Å². The molecule has 1 aromatic carbocycles. The summed E-state index contributed by atoms with van der Waals surface area (Å²) in [5.41, 5.74) is 0.0357. The Morgan fingerprint density at radius 1 is 1.38 bits per heavy atom. The lowest BCUT2D eigenvalue weighted by Crippen LogP contribution is -2.17. The maximum atomic E-state index is 13.1. The molecule has 0 unspecified atom stereocenters. The molecule has 0 atom stereocenters. The molecule has 29 heavy (non-hydrogen) atoms. The Balaban J connectivity index is 1.67. The number of hydrogen-bond donors (Lipinski definition) is 1. The zero-order valence-corrected chi connectivity index (χ0v) is 15.9. The Kier molecular flexibility index (Phi) is 6.02. The van der Waals surface area contributed by atoms with Crippen LogP contribution in [0, 0.1) is 6.92 Å². The SMILES string of the molecule is Cc1cc(OC(F)F)ccc1NC(=O)CCn1nc(C(F)(F)F)c(Cl)c1C1CC1. The number of aromatic nitrogens is 2. The van der Waals surface area contributed by atoms with Crippen LogP contribution in [0.3, 0.4) is 0 Å². The topological polar surface area (TPSA) is 56.1 Å². The van der Waals surface area contributed by atoms with E-state index in [-0.39, 0.29) is 24.6 Å². The Bertz CT molecular complexity index is 910. The van der Waals surface area contributed by atoms with Crippen LogP contribution in [0.15, 0.2) is 18.2 Å². The van der Waals surface area contributed by atoms with Crippen LogP contribution in [0.1, 0.15) is 42.1 Å². The molecule has 1 saturated carbocycles. The van der Waals surface area contributed by atoms with Crippen molar-refractivity contribution in [3.05, 3.63) is 40.2 Å². The summed E-state index contributed by atoms with van der Waals surface area (Å²) in [5, 5.41) is 5.76. The molecule has 1 aliphatic rings. The highest BCUT2D eigenvalue weighted by atomic mass is 35.5. The van der Waals surface area contributed by atoms with Gasteiger partial charge in [-0.2, -0.15) is 27.1 Å². The maximum absolute atomic E-state index is 13.1. The molecule has 1 aromatic heterocycles. The van der Waals surface area contributed by atoms with Crippen molar-refractivity contribution in [2.45, 2.75) is 51.4 Å². The quantitative estimate of drug-likeness (QED) is 0.592. The molecule has 2 aromatic rings. The van der Waals surface area contributed by atoms with Gasteiger partial charge in [-0.3, -0.25) is 9.48 Å². The van der Waals surface area contributed by atoms with E-state index in [1.165, 1.54) is 18.2 Å². The fourth-order valence-corrected chi connectivity index (χ4v) is 3.32. The molecular formula is C18H17ClF5N3O2. The Morgan fingerprint density at radius 3 is 2.62 bits per heavy atom. The number of nitrogens with one attached hydrogen (secondary N) is 1. The number of nitrogens with zero attached hydrogens (tertiary/aromatic N) is 2. The first kappa shape index (κ1) is 21.4. The van der Waals surface area contributed by atoms with Gasteiger partial charge in [0.05, 0.1) is 17.3 Å². The van der Waals surface area contributed by atoms with Crippen molar-refractivity contribution in [1.82, 2.24) is 9.78 Å². The van der Waals surface area contributed by atoms with E-state index in [0.29, 0.717) is 16.9 Å². The predicted molar refractivity (Wildman–Crippen MR) is 95.3 cm³/mol. The largest absolute Gasteiger partial charge is 0.436 e. The molecule has 5 nitrogen and oxygen atoms in total. The van der Waals surface area contributed by atoms with Gasteiger partial charge in [-0.05, 0) is 43.5 Å². The number of amides is 1. The first-order valence-corrected chi connectivity index (χ1v) is 9.12. The summed E-state index contributed by atoms with van der Waals surface area (Å²) in [4.78, 5) is 12.2. The van der Waals surface area contributed by atoms with E-state index in [9.17, 15) is 26.7 Å². The second-order valence-electron chi connectivity index (χ2n) is 6.70. The highest BCUT2D eigenvalue weighted by Crippen LogP contribution is 2.46. The number of benzene rings is 1. The number of hydrogen-bond acceptors (Lipinski definition) is 3. The molecule has 0 bridgehead atoms. The van der Waals surface area contributed by atoms with Crippen molar-refractivity contribution in [3.8, 4) is 5.75 Å². The van der Waals surface area contributed by atoms with Gasteiger partial charge in [0.15, 0.2) is 5.69 Å². The van der Waals surface area contributed by atoms with Gasteiger partial charge < -0.3 is 10.1 Å². The molecule has 0 saturated heterocycles. The van der Waals surface area contributed by atoms with Crippen LogP contribution < -0.4 is 10.1 Å². The number of aryl methyl sites for hydroxylation is 2. The van der Waals surface area contributed by atoms with Gasteiger partial charge in [0.25, 0.3) is 0 Å². The number of rotatable bonds is 7. The average Bonchev–Trinajstić information content (AvgIpc) is 3.37. The van der Waals surface area contributed by atoms with E-state index in [1.54, 1.807) is 6.92 Å². The summed E-state index contributed by atoms with van der Waals surface area (Å²) in [6.07, 6.45) is -3.36. The van der Waals surface area contributed by atoms with Crippen molar-refractivity contribution >= 4 is 23.2 Å². The molecule has 0 spiro atoms. The third-order valence-electron chi connectivity index (χ3n) is 4.41. The minimum absolute atomic E-state index is 0.0459. The molecule has 0 radical (unpaired) electrons. The Hall–Kier alpha value is -2.36. The van der Waals surface area contributed by atoms with E-state index >= 15 is 0 Å². The van der Waals surface area contributed by atoms with Gasteiger partial charge in [-0.15, -0.1) is 0 Å². The van der Waals surface area contributed by atoms with Crippen molar-refractivity contribution in [2.75, 3.05) is 5.32 Å². The number of anilines is 1. The number of carbonyl (C=O) groups excluding carboxylic acids is 1. The van der Waals surface area contributed by atoms with E-state index in [4.69, 9.17) is 11.6 Å². The number of alkyl halides is 5. The molecule has 1 aliphatic carbocycles. The van der Waals surface area contributed by atoms with E-state index < -0.39 is 29.4 Å². The molecule has 1 heterocycles. The zero-order chi connectivity index (χ0) is 21.3. The lowest BCUT2D eigenvalue weighted by Gasteiger charge is -2.11. The van der Waals surface area contributed by atoms with Crippen molar-refractivity contribution in [1.29, 1.82) is 0 Å². The van der Waals surface area contributed by atoms with Crippen LogP contribution in [-0.4, -0.2) is 22.3 Å². The van der Waals surface area contributed by atoms with Crippen LogP contribution in [0.4, 0.5) is 27.6 Å². The fraction of sp³-hybridized carbons (Fsp3) is 0.444. The standard InChI is InChI=1S/C18H17ClF5N3O2/c1-9-8-11(29-17(20)21)4-5-12(9)25-13(28)6-7-27-15(10-2-3-10)14(19)16(26-27)18(22,23)24/h4-5,8,10,17H,2-3,6-7H2,1H3,(H,25,28). The molecule has 0 aliphatic heterocycles. The van der Waals surface area contributed by atoms with Gasteiger partial charge in [0.1, 0.15) is 5.75 Å². The van der Waals surface area contributed by atoms with Crippen LogP contribution in [0.5, 0.6) is 5.75 Å². The van der Waals surface area contributed by atoms with Crippen molar-refractivity contribution in [2.24, 2.45) is 0 Å². The molecular weight excluding hydrogens is 421 g/mol. The van der Waals surface area contributed by atoms with Gasteiger partial charge in [-0.1, -0.05) is 11.6 Å². The molecule has 158 valence electrons. The number of halogens is 6. The highest BCUT2D eigenvalue weighted by molar-refractivity contribution is 6.32. The minimum atomic E-state index is -4.67. The third-order valence-corrected chi connectivity index (χ3v) is 4.78. The Labute approximate surface area is 167 Å². The van der Waals surface area contributed by atoms with Gasteiger partial charge in [0, 0.05) is 18.0 Å². The molecule has 3 rings (SSSR count). The zero-order valence-electron chi connectivity index (χ0n) is 15.2. The summed E-state index contributed by atoms with van der Waals surface area (Å²) in [6, 6.07) is 4.03. The van der Waals surface area contributed by atoms with Gasteiger partial charge >= 0.3 is 12.8 Å². The summed E-state index contributed by atoms with van der Waals surface area (Å²) < 4.78 is 69.1. The first-order chi connectivity index (χ1) is 13.6. The normalized spacial score (nSPS) is 14.3. The number of carbonyl (C=O) groups is 1. The van der Waals surface area contributed by atoms with E-state index in [1.807, 2.05) is 0 Å². The monoisotopic (exact) mass is 437 g/mol. The van der Waals surface area contributed by atoms with Crippen LogP contribution in [-0.2, 0) is 17.5 Å². The van der Waals surface area contributed by atoms with Crippen LogP contribution in [0.25, 0.3) is 0 Å². The maximum Gasteiger partial charge on any atom is 0.436 e. The molecule has 1 amide bonds. The van der Waals surface area contributed by atoms with Crippen LogP contribution in [0.2, 0.25) is 5.02 Å². The lowest BCUT2D eigenvalue weighted by molar-refractivity contribution is -0.141.